The maximum absolute atomic E-state index is 12.2. The quantitative estimate of drug-likeness (QED) is 0.744. The zero-order valence-corrected chi connectivity index (χ0v) is 11.0. The summed E-state index contributed by atoms with van der Waals surface area (Å²) in [7, 11) is 0. The van der Waals surface area contributed by atoms with Gasteiger partial charge in [0, 0.05) is 17.0 Å². The molecule has 0 bridgehead atoms. The highest BCUT2D eigenvalue weighted by Gasteiger charge is 2.33. The molecule has 2 aromatic rings. The number of nitrogens with one attached hydrogen (secondary N) is 1. The molecule has 20 heavy (non-hydrogen) atoms. The van der Waals surface area contributed by atoms with Crippen LogP contribution in [0.2, 0.25) is 0 Å². The lowest BCUT2D eigenvalue weighted by Crippen LogP contribution is -2.30. The molecule has 2 aliphatic rings. The van der Waals surface area contributed by atoms with Crippen LogP contribution in [-0.2, 0) is 0 Å². The van der Waals surface area contributed by atoms with E-state index in [1.165, 1.54) is 0 Å². The second-order valence-corrected chi connectivity index (χ2v) is 5.42. The van der Waals surface area contributed by atoms with Crippen LogP contribution in [0.1, 0.15) is 42.7 Å². The molecule has 4 nitrogen and oxygen atoms in total. The van der Waals surface area contributed by atoms with E-state index in [9.17, 15) is 4.79 Å². The maximum atomic E-state index is 12.2. The van der Waals surface area contributed by atoms with Crippen LogP contribution in [0.3, 0.4) is 0 Å². The number of benzene rings is 1. The summed E-state index contributed by atoms with van der Waals surface area (Å²) in [5.74, 6) is 0.245. The van der Waals surface area contributed by atoms with Gasteiger partial charge in [-0.2, -0.15) is 0 Å². The van der Waals surface area contributed by atoms with Crippen molar-refractivity contribution in [1.29, 1.82) is 5.41 Å². The molecule has 1 N–H and O–H groups in total. The topological polar surface area (TPSA) is 66.4 Å². The third-order valence-electron chi connectivity index (χ3n) is 4.27. The van der Waals surface area contributed by atoms with E-state index in [1.807, 2.05) is 24.3 Å². The summed E-state index contributed by atoms with van der Waals surface area (Å²) in [6.07, 6.45) is 4.20. The Morgan fingerprint density at radius 1 is 1.25 bits per heavy atom. The number of hydrogen-bond acceptors (Lipinski definition) is 3. The monoisotopic (exact) mass is 266 g/mol. The van der Waals surface area contributed by atoms with E-state index in [-0.39, 0.29) is 11.8 Å². The smallest absolute Gasteiger partial charge is 0.347 e. The number of para-hydroxylation sites is 1. The van der Waals surface area contributed by atoms with Crippen LogP contribution < -0.4 is 5.63 Å². The van der Waals surface area contributed by atoms with E-state index < -0.39 is 5.63 Å². The molecule has 1 aromatic heterocycles. The third kappa shape index (κ3) is 1.51. The van der Waals surface area contributed by atoms with Gasteiger partial charge in [-0.05, 0) is 30.9 Å². The first-order chi connectivity index (χ1) is 9.75. The van der Waals surface area contributed by atoms with Gasteiger partial charge >= 0.3 is 5.63 Å². The first-order valence-corrected chi connectivity index (χ1v) is 6.98. The highest BCUT2D eigenvalue weighted by molar-refractivity contribution is 6.14. The summed E-state index contributed by atoms with van der Waals surface area (Å²) in [6, 6.07) is 7.60. The van der Waals surface area contributed by atoms with Gasteiger partial charge in [0.05, 0.1) is 0 Å². The number of fused-ring (bicyclic) bond motifs is 5. The van der Waals surface area contributed by atoms with E-state index in [1.54, 1.807) is 0 Å². The fourth-order valence-electron chi connectivity index (χ4n) is 3.40. The lowest BCUT2D eigenvalue weighted by molar-refractivity contribution is 0.549. The molecular weight excluding hydrogens is 252 g/mol. The average molecular weight is 266 g/mol. The second kappa shape index (κ2) is 4.13. The molecule has 4 rings (SSSR count). The number of hydrogen-bond donors (Lipinski definition) is 1. The number of aliphatic imine (C=N–C) groups is 1. The minimum absolute atomic E-state index is 0.0626. The standard InChI is InChI=1S/C16H14N2O2/c17-15-14-13(9-5-1-3-7-11(9)18-15)10-6-2-4-8-12(10)20-16(14)19/h2,4,6,8-9,17H,1,3,5,7H2. The zero-order valence-electron chi connectivity index (χ0n) is 11.0. The fourth-order valence-corrected chi connectivity index (χ4v) is 3.40. The van der Waals surface area contributed by atoms with Crippen LogP contribution in [0.25, 0.3) is 11.0 Å². The summed E-state index contributed by atoms with van der Waals surface area (Å²) in [6.45, 7) is 0. The van der Waals surface area contributed by atoms with Crippen LogP contribution in [0.4, 0.5) is 0 Å². The molecular formula is C16H14N2O2. The predicted octanol–water partition coefficient (Wildman–Crippen LogP) is 3.23. The van der Waals surface area contributed by atoms with Gasteiger partial charge in [-0.3, -0.25) is 5.41 Å². The zero-order chi connectivity index (χ0) is 13.7. The molecule has 1 fully saturated rings. The van der Waals surface area contributed by atoms with Crippen LogP contribution in [0, 0.1) is 5.41 Å². The summed E-state index contributed by atoms with van der Waals surface area (Å²) in [4.78, 5) is 16.5. The van der Waals surface area contributed by atoms with E-state index >= 15 is 0 Å². The molecule has 1 atom stereocenters. The lowest BCUT2D eigenvalue weighted by atomic mass is 9.77. The third-order valence-corrected chi connectivity index (χ3v) is 4.27. The van der Waals surface area contributed by atoms with Crippen molar-refractivity contribution < 1.29 is 4.42 Å². The largest absolute Gasteiger partial charge is 0.422 e. The highest BCUT2D eigenvalue weighted by atomic mass is 16.4. The van der Waals surface area contributed by atoms with Gasteiger partial charge in [0.15, 0.2) is 5.84 Å². The lowest BCUT2D eigenvalue weighted by Gasteiger charge is -2.30. The molecule has 4 heteroatoms. The van der Waals surface area contributed by atoms with Crippen molar-refractivity contribution in [2.24, 2.45) is 4.99 Å². The first kappa shape index (κ1) is 11.6. The first-order valence-electron chi connectivity index (χ1n) is 6.98. The van der Waals surface area contributed by atoms with Crippen molar-refractivity contribution >= 4 is 22.5 Å². The van der Waals surface area contributed by atoms with Gasteiger partial charge < -0.3 is 4.42 Å². The van der Waals surface area contributed by atoms with Crippen LogP contribution in [-0.4, -0.2) is 11.5 Å². The molecule has 1 aliphatic heterocycles. The number of nitrogens with zero attached hydrogens (tertiary/aromatic N) is 1. The number of amidine groups is 1. The Morgan fingerprint density at radius 3 is 3.00 bits per heavy atom. The SMILES string of the molecule is N=C1N=C2CCCCC2c2c1c(=O)oc1ccccc21. The van der Waals surface area contributed by atoms with Crippen molar-refractivity contribution in [2.75, 3.05) is 0 Å². The molecule has 1 unspecified atom stereocenters. The molecule has 100 valence electrons. The van der Waals surface area contributed by atoms with Gasteiger partial charge in [-0.25, -0.2) is 9.79 Å². The molecule has 0 amide bonds. The Kier molecular flexibility index (Phi) is 2.39. The molecule has 1 aromatic carbocycles. The summed E-state index contributed by atoms with van der Waals surface area (Å²) in [5.41, 5.74) is 2.56. The fraction of sp³-hybridized carbons (Fsp3) is 0.312. The molecule has 1 aliphatic carbocycles. The minimum Gasteiger partial charge on any atom is -0.422 e. The van der Waals surface area contributed by atoms with E-state index in [2.05, 4.69) is 4.99 Å². The van der Waals surface area contributed by atoms with E-state index in [0.29, 0.717) is 11.1 Å². The Hall–Kier alpha value is -2.23. The summed E-state index contributed by atoms with van der Waals surface area (Å²) >= 11 is 0. The maximum Gasteiger partial charge on any atom is 0.347 e. The van der Waals surface area contributed by atoms with Gasteiger partial charge in [-0.1, -0.05) is 24.6 Å². The highest BCUT2D eigenvalue weighted by Crippen LogP contribution is 2.38. The predicted molar refractivity (Wildman–Crippen MR) is 78.0 cm³/mol. The number of rotatable bonds is 0. The molecule has 1 saturated carbocycles. The molecule has 0 radical (unpaired) electrons. The minimum atomic E-state index is -0.433. The normalized spacial score (nSPS) is 21.3. The Morgan fingerprint density at radius 2 is 2.10 bits per heavy atom. The van der Waals surface area contributed by atoms with Gasteiger partial charge in [-0.15, -0.1) is 0 Å². The van der Waals surface area contributed by atoms with Gasteiger partial charge in [0.25, 0.3) is 0 Å². The molecule has 2 heterocycles. The van der Waals surface area contributed by atoms with Crippen molar-refractivity contribution in [3.05, 3.63) is 45.8 Å². The van der Waals surface area contributed by atoms with Gasteiger partial charge in [0.2, 0.25) is 0 Å². The van der Waals surface area contributed by atoms with E-state index in [0.717, 1.165) is 42.3 Å². The summed E-state index contributed by atoms with van der Waals surface area (Å²) < 4.78 is 5.34. The van der Waals surface area contributed by atoms with Crippen LogP contribution in [0.15, 0.2) is 38.5 Å². The van der Waals surface area contributed by atoms with Crippen molar-refractivity contribution in [1.82, 2.24) is 0 Å². The summed E-state index contributed by atoms with van der Waals surface area (Å²) in [5, 5.41) is 9.01. The Labute approximate surface area is 115 Å². The van der Waals surface area contributed by atoms with Crippen molar-refractivity contribution in [3.63, 3.8) is 0 Å². The second-order valence-electron chi connectivity index (χ2n) is 5.42. The Bertz CT molecular complexity index is 817. The van der Waals surface area contributed by atoms with Crippen LogP contribution >= 0.6 is 0 Å². The van der Waals surface area contributed by atoms with Crippen LogP contribution in [0.5, 0.6) is 0 Å². The van der Waals surface area contributed by atoms with Crippen molar-refractivity contribution in [2.45, 2.75) is 31.6 Å². The molecule has 0 spiro atoms. The van der Waals surface area contributed by atoms with Gasteiger partial charge in [0.1, 0.15) is 11.1 Å². The molecule has 0 saturated heterocycles. The Balaban J connectivity index is 2.11. The average Bonchev–Trinajstić information content (AvgIpc) is 2.46. The van der Waals surface area contributed by atoms with E-state index in [4.69, 9.17) is 9.83 Å². The van der Waals surface area contributed by atoms with Crippen molar-refractivity contribution in [3.8, 4) is 0 Å².